The van der Waals surface area contributed by atoms with E-state index in [9.17, 15) is 14.4 Å². The molecule has 3 amide bonds. The third kappa shape index (κ3) is 2.73. The number of hydrogen-bond acceptors (Lipinski definition) is 4. The summed E-state index contributed by atoms with van der Waals surface area (Å²) < 4.78 is 5.52. The van der Waals surface area contributed by atoms with Crippen LogP contribution in [0, 0.1) is 17.3 Å². The van der Waals surface area contributed by atoms with Crippen LogP contribution in [0.25, 0.3) is 0 Å². The third-order valence-electron chi connectivity index (χ3n) is 7.36. The Morgan fingerprint density at radius 3 is 2.46 bits per heavy atom. The Kier molecular flexibility index (Phi) is 4.00. The second kappa shape index (κ2) is 6.33. The highest BCUT2D eigenvalue weighted by Gasteiger charge is 2.61. The fourth-order valence-electron chi connectivity index (χ4n) is 6.70. The summed E-state index contributed by atoms with van der Waals surface area (Å²) >= 11 is 0. The summed E-state index contributed by atoms with van der Waals surface area (Å²) in [5.41, 5.74) is 0.919. The van der Waals surface area contributed by atoms with Crippen molar-refractivity contribution in [1.29, 1.82) is 0 Å². The second-order valence-electron chi connectivity index (χ2n) is 9.24. The summed E-state index contributed by atoms with van der Waals surface area (Å²) in [4.78, 5) is 38.2. The molecule has 1 N–H and O–H groups in total. The van der Waals surface area contributed by atoms with Crippen LogP contribution in [0.5, 0.6) is 0 Å². The number of carbonyl (C=O) groups is 3. The minimum atomic E-state index is -0.479. The van der Waals surface area contributed by atoms with Crippen molar-refractivity contribution in [1.82, 2.24) is 10.2 Å². The highest BCUT2D eigenvalue weighted by Crippen LogP contribution is 2.66. The first-order chi connectivity index (χ1) is 13.5. The molecule has 28 heavy (non-hydrogen) atoms. The smallest absolute Gasteiger partial charge is 0.324 e. The van der Waals surface area contributed by atoms with Gasteiger partial charge in [0.25, 0.3) is 5.91 Å². The van der Waals surface area contributed by atoms with Crippen molar-refractivity contribution in [3.8, 4) is 0 Å². The molecule has 0 aromatic heterocycles. The average Bonchev–Trinajstić information content (AvgIpc) is 3.11. The molecule has 2 unspecified atom stereocenters. The maximum Gasteiger partial charge on any atom is 0.324 e. The number of carbonyl (C=O) groups excluding carboxylic acids is 3. The van der Waals surface area contributed by atoms with Gasteiger partial charge < -0.3 is 10.1 Å². The Bertz CT molecular complexity index is 807. The first kappa shape index (κ1) is 17.7. The quantitative estimate of drug-likeness (QED) is 0.813. The Morgan fingerprint density at radius 2 is 1.82 bits per heavy atom. The van der Waals surface area contributed by atoms with Crippen LogP contribution in [0.15, 0.2) is 30.3 Å². The third-order valence-corrected chi connectivity index (χ3v) is 7.36. The number of esters is 1. The molecule has 4 saturated carbocycles. The van der Waals surface area contributed by atoms with Crippen LogP contribution in [0.3, 0.4) is 0 Å². The largest absolute Gasteiger partial charge is 0.455 e. The van der Waals surface area contributed by atoms with E-state index < -0.39 is 17.4 Å². The van der Waals surface area contributed by atoms with Gasteiger partial charge >= 0.3 is 12.0 Å². The van der Waals surface area contributed by atoms with Gasteiger partial charge in [0.15, 0.2) is 6.61 Å². The molecule has 4 bridgehead atoms. The van der Waals surface area contributed by atoms with Gasteiger partial charge in [0.1, 0.15) is 0 Å². The summed E-state index contributed by atoms with van der Waals surface area (Å²) in [6.07, 6.45) is 6.06. The first-order valence-electron chi connectivity index (χ1n) is 10.3. The summed E-state index contributed by atoms with van der Waals surface area (Å²) in [7, 11) is 0. The SMILES string of the molecule is O=C(COC(=O)C12C[C@H]3C[C@@H](C1)CC(c1ccccc1)(C3)C2)N1CCNC1=O. The zero-order chi connectivity index (χ0) is 19.4. The lowest BCUT2D eigenvalue weighted by Gasteiger charge is -2.61. The lowest BCUT2D eigenvalue weighted by Crippen LogP contribution is -2.57. The van der Waals surface area contributed by atoms with E-state index in [1.807, 2.05) is 6.07 Å². The number of nitrogens with one attached hydrogen (secondary N) is 1. The van der Waals surface area contributed by atoms with Gasteiger partial charge in [-0.3, -0.25) is 14.5 Å². The molecule has 4 aliphatic carbocycles. The highest BCUT2D eigenvalue weighted by molar-refractivity contribution is 5.97. The molecule has 1 heterocycles. The molecule has 1 aromatic carbocycles. The van der Waals surface area contributed by atoms with Crippen LogP contribution in [0.4, 0.5) is 4.79 Å². The molecular formula is C22H26N2O4. The number of imide groups is 1. The maximum atomic E-state index is 13.2. The van der Waals surface area contributed by atoms with Gasteiger partial charge in [-0.05, 0) is 61.3 Å². The van der Waals surface area contributed by atoms with E-state index in [0.717, 1.165) is 37.0 Å². The van der Waals surface area contributed by atoms with Crippen molar-refractivity contribution in [2.45, 2.75) is 43.9 Å². The van der Waals surface area contributed by atoms with Crippen LogP contribution in [-0.2, 0) is 19.7 Å². The van der Waals surface area contributed by atoms with Crippen LogP contribution < -0.4 is 5.32 Å². The van der Waals surface area contributed by atoms with Crippen LogP contribution in [0.2, 0.25) is 0 Å². The lowest BCUT2D eigenvalue weighted by molar-refractivity contribution is -0.176. The Balaban J connectivity index is 1.34. The molecule has 6 heteroatoms. The van der Waals surface area contributed by atoms with Gasteiger partial charge in [-0.15, -0.1) is 0 Å². The molecular weight excluding hydrogens is 356 g/mol. The monoisotopic (exact) mass is 382 g/mol. The number of amides is 3. The second-order valence-corrected chi connectivity index (χ2v) is 9.24. The van der Waals surface area contributed by atoms with Gasteiger partial charge in [-0.1, -0.05) is 30.3 Å². The highest BCUT2D eigenvalue weighted by atomic mass is 16.5. The molecule has 5 fully saturated rings. The molecule has 1 saturated heterocycles. The van der Waals surface area contributed by atoms with Crippen molar-refractivity contribution < 1.29 is 19.1 Å². The normalized spacial score (nSPS) is 35.7. The molecule has 4 atom stereocenters. The van der Waals surface area contributed by atoms with Crippen LogP contribution in [-0.4, -0.2) is 42.5 Å². The Hall–Kier alpha value is -2.37. The van der Waals surface area contributed by atoms with E-state index in [0.29, 0.717) is 24.9 Å². The summed E-state index contributed by atoms with van der Waals surface area (Å²) in [5.74, 6) is 0.420. The minimum absolute atomic E-state index is 0.0587. The maximum absolute atomic E-state index is 13.2. The van der Waals surface area contributed by atoms with Crippen molar-refractivity contribution in [3.63, 3.8) is 0 Å². The van der Waals surface area contributed by atoms with Gasteiger partial charge in [0, 0.05) is 13.1 Å². The van der Waals surface area contributed by atoms with Crippen LogP contribution in [0.1, 0.15) is 44.1 Å². The van der Waals surface area contributed by atoms with Crippen molar-refractivity contribution in [2.75, 3.05) is 19.7 Å². The van der Waals surface area contributed by atoms with E-state index in [1.54, 1.807) is 0 Å². The van der Waals surface area contributed by atoms with E-state index in [2.05, 4.69) is 29.6 Å². The van der Waals surface area contributed by atoms with E-state index in [4.69, 9.17) is 4.74 Å². The predicted octanol–water partition coefficient (Wildman–Crippen LogP) is 2.62. The first-order valence-corrected chi connectivity index (χ1v) is 10.3. The molecule has 1 aromatic rings. The lowest BCUT2D eigenvalue weighted by atomic mass is 9.43. The van der Waals surface area contributed by atoms with E-state index >= 15 is 0 Å². The fraction of sp³-hybridized carbons (Fsp3) is 0.591. The molecule has 0 radical (unpaired) electrons. The fourth-order valence-corrected chi connectivity index (χ4v) is 6.70. The number of hydrogen-bond donors (Lipinski definition) is 1. The molecule has 6 nitrogen and oxygen atoms in total. The molecule has 0 spiro atoms. The molecule has 6 rings (SSSR count). The summed E-state index contributed by atoms with van der Waals surface area (Å²) in [5, 5.41) is 2.60. The average molecular weight is 382 g/mol. The van der Waals surface area contributed by atoms with Crippen molar-refractivity contribution in [3.05, 3.63) is 35.9 Å². The van der Waals surface area contributed by atoms with Gasteiger partial charge in [0.05, 0.1) is 5.41 Å². The van der Waals surface area contributed by atoms with Crippen molar-refractivity contribution in [2.24, 2.45) is 17.3 Å². The number of rotatable bonds is 4. The number of ether oxygens (including phenoxy) is 1. The van der Waals surface area contributed by atoms with Gasteiger partial charge in [-0.2, -0.15) is 0 Å². The minimum Gasteiger partial charge on any atom is -0.455 e. The predicted molar refractivity (Wildman–Crippen MR) is 101 cm³/mol. The standard InChI is InChI=1S/C22H26N2O4/c25-18(24-7-6-23-20(24)27)13-28-19(26)22-11-15-8-16(12-22)10-21(9-15,14-22)17-4-2-1-3-5-17/h1-5,15-16H,6-14H2,(H,23,27)/t15-,16+,21?,22?. The summed E-state index contributed by atoms with van der Waals surface area (Å²) in [6.45, 7) is 0.439. The summed E-state index contributed by atoms with van der Waals surface area (Å²) in [6, 6.07) is 10.2. The number of urea groups is 1. The van der Waals surface area contributed by atoms with Gasteiger partial charge in [0.2, 0.25) is 0 Å². The Labute approximate surface area is 164 Å². The molecule has 1 aliphatic heterocycles. The number of benzene rings is 1. The van der Waals surface area contributed by atoms with E-state index in [1.165, 1.54) is 12.0 Å². The number of nitrogens with zero attached hydrogens (tertiary/aromatic N) is 1. The zero-order valence-corrected chi connectivity index (χ0v) is 16.0. The molecule has 148 valence electrons. The van der Waals surface area contributed by atoms with Crippen molar-refractivity contribution >= 4 is 17.9 Å². The van der Waals surface area contributed by atoms with Gasteiger partial charge in [-0.25, -0.2) is 4.79 Å². The van der Waals surface area contributed by atoms with E-state index in [-0.39, 0.29) is 18.0 Å². The Morgan fingerprint density at radius 1 is 1.11 bits per heavy atom. The topological polar surface area (TPSA) is 75.7 Å². The van der Waals surface area contributed by atoms with Crippen LogP contribution >= 0.6 is 0 Å². The zero-order valence-electron chi connectivity index (χ0n) is 16.0. The molecule has 5 aliphatic rings.